The lowest BCUT2D eigenvalue weighted by atomic mass is 9.99. The molecular weight excluding hydrogens is 270 g/mol. The number of hydrogen-bond acceptors (Lipinski definition) is 3. The summed E-state index contributed by atoms with van der Waals surface area (Å²) < 4.78 is 5.58. The maximum absolute atomic E-state index is 12.6. The quantitative estimate of drug-likeness (QED) is 0.902. The summed E-state index contributed by atoms with van der Waals surface area (Å²) in [5.74, 6) is -0.403. The molecule has 1 unspecified atom stereocenters. The summed E-state index contributed by atoms with van der Waals surface area (Å²) in [6.45, 7) is 0.688. The van der Waals surface area contributed by atoms with Gasteiger partial charge in [-0.3, -0.25) is 4.79 Å². The minimum atomic E-state index is -0.930. The Bertz CT molecular complexity index is 608. The summed E-state index contributed by atoms with van der Waals surface area (Å²) >= 11 is 0. The van der Waals surface area contributed by atoms with E-state index in [4.69, 9.17) is 4.74 Å². The predicted molar refractivity (Wildman–Crippen MR) is 76.9 cm³/mol. The van der Waals surface area contributed by atoms with Crippen molar-refractivity contribution in [2.75, 3.05) is 13.2 Å². The number of rotatable bonds is 2. The van der Waals surface area contributed by atoms with Crippen LogP contribution in [-0.4, -0.2) is 41.1 Å². The average molecular weight is 287 g/mol. The van der Waals surface area contributed by atoms with E-state index in [2.05, 4.69) is 0 Å². The number of amides is 1. The first kappa shape index (κ1) is 13.7. The molecule has 110 valence electrons. The highest BCUT2D eigenvalue weighted by Crippen LogP contribution is 2.28. The number of ether oxygens (including phenoxy) is 1. The van der Waals surface area contributed by atoms with Gasteiger partial charge in [0, 0.05) is 12.1 Å². The van der Waals surface area contributed by atoms with Gasteiger partial charge in [0.2, 0.25) is 0 Å². The van der Waals surface area contributed by atoms with E-state index in [0.717, 1.165) is 24.2 Å². The van der Waals surface area contributed by atoms with Gasteiger partial charge in [0.05, 0.1) is 5.57 Å². The van der Waals surface area contributed by atoms with E-state index in [-0.39, 0.29) is 12.5 Å². The Kier molecular flexibility index (Phi) is 3.64. The lowest BCUT2D eigenvalue weighted by molar-refractivity contribution is -0.150. The summed E-state index contributed by atoms with van der Waals surface area (Å²) in [5, 5.41) is 9.27. The van der Waals surface area contributed by atoms with Crippen LogP contribution in [0.25, 0.3) is 6.08 Å². The van der Waals surface area contributed by atoms with Gasteiger partial charge in [0.15, 0.2) is 0 Å². The van der Waals surface area contributed by atoms with E-state index < -0.39 is 12.0 Å². The van der Waals surface area contributed by atoms with Crippen LogP contribution in [0.4, 0.5) is 0 Å². The van der Waals surface area contributed by atoms with Gasteiger partial charge in [0.1, 0.15) is 18.4 Å². The number of likely N-dealkylation sites (tertiary alicyclic amines) is 1. The number of hydrogen-bond donors (Lipinski definition) is 1. The number of benzene rings is 1. The van der Waals surface area contributed by atoms with E-state index in [9.17, 15) is 14.7 Å². The largest absolute Gasteiger partial charge is 0.488 e. The van der Waals surface area contributed by atoms with Crippen molar-refractivity contribution in [3.8, 4) is 5.75 Å². The molecule has 1 fully saturated rings. The Labute approximate surface area is 122 Å². The van der Waals surface area contributed by atoms with Gasteiger partial charge in [-0.15, -0.1) is 0 Å². The fraction of sp³-hybridized carbons (Fsp3) is 0.375. The van der Waals surface area contributed by atoms with Gasteiger partial charge in [-0.1, -0.05) is 18.2 Å². The third kappa shape index (κ3) is 2.63. The Morgan fingerprint density at radius 2 is 2.05 bits per heavy atom. The van der Waals surface area contributed by atoms with Crippen LogP contribution in [0.5, 0.6) is 5.75 Å². The molecule has 3 rings (SSSR count). The van der Waals surface area contributed by atoms with E-state index in [1.807, 2.05) is 24.3 Å². The van der Waals surface area contributed by atoms with Crippen LogP contribution >= 0.6 is 0 Å². The topological polar surface area (TPSA) is 66.8 Å². The van der Waals surface area contributed by atoms with Gasteiger partial charge in [-0.25, -0.2) is 4.79 Å². The van der Waals surface area contributed by atoms with Crippen molar-refractivity contribution in [1.29, 1.82) is 0 Å². The number of nitrogens with zero attached hydrogens (tertiary/aromatic N) is 1. The zero-order valence-corrected chi connectivity index (χ0v) is 11.6. The lowest BCUT2D eigenvalue weighted by Gasteiger charge is -2.34. The van der Waals surface area contributed by atoms with Crippen molar-refractivity contribution in [3.63, 3.8) is 0 Å². The third-order valence-electron chi connectivity index (χ3n) is 3.96. The third-order valence-corrected chi connectivity index (χ3v) is 3.96. The van der Waals surface area contributed by atoms with Crippen LogP contribution in [0.15, 0.2) is 29.8 Å². The molecule has 1 atom stereocenters. The average Bonchev–Trinajstić information content (AvgIpc) is 2.53. The van der Waals surface area contributed by atoms with Crippen LogP contribution in [0.3, 0.4) is 0 Å². The number of piperidine rings is 1. The van der Waals surface area contributed by atoms with E-state index in [0.29, 0.717) is 18.5 Å². The van der Waals surface area contributed by atoms with Crippen LogP contribution in [0.2, 0.25) is 0 Å². The molecule has 0 aliphatic carbocycles. The second-order valence-electron chi connectivity index (χ2n) is 5.34. The molecule has 1 saturated heterocycles. The molecule has 1 aromatic carbocycles. The fourth-order valence-corrected chi connectivity index (χ4v) is 2.86. The van der Waals surface area contributed by atoms with Crippen LogP contribution < -0.4 is 4.74 Å². The molecule has 2 heterocycles. The molecule has 0 spiro atoms. The number of carboxylic acid groups (broad SMARTS) is 1. The Morgan fingerprint density at radius 3 is 2.86 bits per heavy atom. The molecular formula is C16H17NO4. The SMILES string of the molecule is O=C(O)C1CCCCN1C(=O)C1=Cc2ccccc2OC1. The van der Waals surface area contributed by atoms with Crippen LogP contribution in [-0.2, 0) is 9.59 Å². The standard InChI is InChI=1S/C16H17NO4/c18-15(17-8-4-3-6-13(17)16(19)20)12-9-11-5-1-2-7-14(11)21-10-12/h1-2,5,7,9,13H,3-4,6,8,10H2,(H,19,20). The highest BCUT2D eigenvalue weighted by atomic mass is 16.5. The van der Waals surface area contributed by atoms with E-state index >= 15 is 0 Å². The summed E-state index contributed by atoms with van der Waals surface area (Å²) in [7, 11) is 0. The monoisotopic (exact) mass is 287 g/mol. The Balaban J connectivity index is 1.85. The number of aliphatic carboxylic acids is 1. The van der Waals surface area contributed by atoms with Crippen molar-refractivity contribution in [1.82, 2.24) is 4.90 Å². The summed E-state index contributed by atoms with van der Waals surface area (Å²) in [6.07, 6.45) is 4.01. The first-order chi connectivity index (χ1) is 10.2. The Hall–Kier alpha value is -2.30. The molecule has 2 aliphatic heterocycles. The Morgan fingerprint density at radius 1 is 1.24 bits per heavy atom. The van der Waals surface area contributed by atoms with Crippen molar-refractivity contribution in [3.05, 3.63) is 35.4 Å². The number of carbonyl (C=O) groups excluding carboxylic acids is 1. The second-order valence-corrected chi connectivity index (χ2v) is 5.34. The van der Waals surface area contributed by atoms with Gasteiger partial charge in [-0.05, 0) is 31.4 Å². The number of carbonyl (C=O) groups is 2. The molecule has 5 heteroatoms. The molecule has 0 bridgehead atoms. The summed E-state index contributed by atoms with van der Waals surface area (Å²) in [6, 6.07) is 6.78. The zero-order chi connectivity index (χ0) is 14.8. The van der Waals surface area contributed by atoms with Crippen molar-refractivity contribution in [2.24, 2.45) is 0 Å². The van der Waals surface area contributed by atoms with Crippen LogP contribution in [0.1, 0.15) is 24.8 Å². The summed E-state index contributed by atoms with van der Waals surface area (Å²) in [4.78, 5) is 25.4. The molecule has 2 aliphatic rings. The van der Waals surface area contributed by atoms with Crippen molar-refractivity contribution >= 4 is 18.0 Å². The van der Waals surface area contributed by atoms with Gasteiger partial charge >= 0.3 is 5.97 Å². The molecule has 5 nitrogen and oxygen atoms in total. The molecule has 0 saturated carbocycles. The molecule has 1 aromatic rings. The first-order valence-corrected chi connectivity index (χ1v) is 7.13. The minimum Gasteiger partial charge on any atom is -0.488 e. The lowest BCUT2D eigenvalue weighted by Crippen LogP contribution is -2.49. The van der Waals surface area contributed by atoms with Crippen molar-refractivity contribution < 1.29 is 19.4 Å². The summed E-state index contributed by atoms with van der Waals surface area (Å²) in [5.41, 5.74) is 1.37. The number of carboxylic acids is 1. The minimum absolute atomic E-state index is 0.193. The highest BCUT2D eigenvalue weighted by Gasteiger charge is 2.34. The highest BCUT2D eigenvalue weighted by molar-refractivity contribution is 6.00. The smallest absolute Gasteiger partial charge is 0.326 e. The van der Waals surface area contributed by atoms with Gasteiger partial charge in [0.25, 0.3) is 5.91 Å². The number of fused-ring (bicyclic) bond motifs is 1. The zero-order valence-electron chi connectivity index (χ0n) is 11.6. The predicted octanol–water partition coefficient (Wildman–Crippen LogP) is 1.93. The maximum atomic E-state index is 12.6. The number of para-hydroxylation sites is 1. The van der Waals surface area contributed by atoms with Crippen molar-refractivity contribution in [2.45, 2.75) is 25.3 Å². The van der Waals surface area contributed by atoms with E-state index in [1.165, 1.54) is 4.90 Å². The molecule has 0 aromatic heterocycles. The van der Waals surface area contributed by atoms with Gasteiger partial charge in [-0.2, -0.15) is 0 Å². The molecule has 21 heavy (non-hydrogen) atoms. The molecule has 1 N–H and O–H groups in total. The molecule has 1 amide bonds. The maximum Gasteiger partial charge on any atom is 0.326 e. The van der Waals surface area contributed by atoms with Crippen LogP contribution in [0, 0.1) is 0 Å². The molecule has 0 radical (unpaired) electrons. The normalized spacial score (nSPS) is 21.0. The van der Waals surface area contributed by atoms with Gasteiger partial charge < -0.3 is 14.7 Å². The first-order valence-electron chi connectivity index (χ1n) is 7.13. The fourth-order valence-electron chi connectivity index (χ4n) is 2.86. The van der Waals surface area contributed by atoms with E-state index in [1.54, 1.807) is 6.08 Å². The second kappa shape index (κ2) is 5.60.